The summed E-state index contributed by atoms with van der Waals surface area (Å²) in [7, 11) is 0. The predicted octanol–water partition coefficient (Wildman–Crippen LogP) is 2.15. The van der Waals surface area contributed by atoms with Gasteiger partial charge in [0.1, 0.15) is 0 Å². The van der Waals surface area contributed by atoms with Crippen LogP contribution in [0.4, 0.5) is 5.69 Å². The number of nitrogens with two attached hydrogens (primary N) is 1. The fourth-order valence-electron chi connectivity index (χ4n) is 1.96. The van der Waals surface area contributed by atoms with Crippen LogP contribution in [-0.4, -0.2) is 25.5 Å². The van der Waals surface area contributed by atoms with Gasteiger partial charge in [-0.15, -0.1) is 0 Å². The number of carbonyl (C=O) groups is 1. The van der Waals surface area contributed by atoms with Crippen molar-refractivity contribution in [2.24, 2.45) is 5.73 Å². The molecule has 0 bridgehead atoms. The minimum Gasteiger partial charge on any atom is -0.368 e. The lowest BCUT2D eigenvalue weighted by Gasteiger charge is -2.24. The van der Waals surface area contributed by atoms with E-state index >= 15 is 0 Å². The molecule has 0 heterocycles. The van der Waals surface area contributed by atoms with Crippen LogP contribution < -0.4 is 16.0 Å². The van der Waals surface area contributed by atoms with Crippen LogP contribution >= 0.6 is 11.6 Å². The van der Waals surface area contributed by atoms with Crippen molar-refractivity contribution in [3.8, 4) is 0 Å². The molecule has 4 nitrogen and oxygen atoms in total. The maximum atomic E-state index is 11.1. The molecular formula is C14H22ClN3O. The smallest absolute Gasteiger partial charge is 0.236 e. The topological polar surface area (TPSA) is 58.4 Å². The standard InChI is InChI=1S/C14H22ClN3O/c1-3-7-17-9-11-8-12(15)5-6-13(11)18(4-2)10-14(16)19/h5-6,8,17H,3-4,7,9-10H2,1-2H3,(H2,16,19). The van der Waals surface area contributed by atoms with Crippen molar-refractivity contribution in [2.75, 3.05) is 24.5 Å². The summed E-state index contributed by atoms with van der Waals surface area (Å²) in [6.45, 7) is 6.76. The van der Waals surface area contributed by atoms with Gasteiger partial charge in [-0.1, -0.05) is 18.5 Å². The highest BCUT2D eigenvalue weighted by atomic mass is 35.5. The van der Waals surface area contributed by atoms with Crippen LogP contribution in [0.15, 0.2) is 18.2 Å². The molecule has 1 rings (SSSR count). The molecule has 1 aromatic carbocycles. The van der Waals surface area contributed by atoms with E-state index in [0.29, 0.717) is 5.02 Å². The van der Waals surface area contributed by atoms with Gasteiger partial charge in [-0.3, -0.25) is 4.79 Å². The number of nitrogens with zero attached hydrogens (tertiary/aromatic N) is 1. The molecule has 0 aliphatic rings. The highest BCUT2D eigenvalue weighted by Crippen LogP contribution is 2.24. The molecule has 0 radical (unpaired) electrons. The van der Waals surface area contributed by atoms with E-state index in [0.717, 1.165) is 37.3 Å². The minimum atomic E-state index is -0.329. The van der Waals surface area contributed by atoms with Gasteiger partial charge in [0.25, 0.3) is 0 Å². The van der Waals surface area contributed by atoms with E-state index in [-0.39, 0.29) is 12.5 Å². The summed E-state index contributed by atoms with van der Waals surface area (Å²) in [4.78, 5) is 13.1. The summed E-state index contributed by atoms with van der Waals surface area (Å²) >= 11 is 6.05. The first kappa shape index (κ1) is 15.8. The van der Waals surface area contributed by atoms with Crippen LogP contribution in [0.1, 0.15) is 25.8 Å². The van der Waals surface area contributed by atoms with Crippen molar-refractivity contribution in [1.29, 1.82) is 0 Å². The Labute approximate surface area is 119 Å². The Bertz CT molecular complexity index is 423. The maximum Gasteiger partial charge on any atom is 0.236 e. The zero-order valence-electron chi connectivity index (χ0n) is 11.6. The van der Waals surface area contributed by atoms with E-state index in [1.165, 1.54) is 0 Å². The predicted molar refractivity (Wildman–Crippen MR) is 80.5 cm³/mol. The molecule has 0 unspecified atom stereocenters. The molecule has 19 heavy (non-hydrogen) atoms. The summed E-state index contributed by atoms with van der Waals surface area (Å²) in [5.74, 6) is -0.329. The van der Waals surface area contributed by atoms with Gasteiger partial charge in [0.2, 0.25) is 5.91 Å². The van der Waals surface area contributed by atoms with Crippen LogP contribution in [0.25, 0.3) is 0 Å². The minimum absolute atomic E-state index is 0.221. The highest BCUT2D eigenvalue weighted by molar-refractivity contribution is 6.30. The Morgan fingerprint density at radius 2 is 2.16 bits per heavy atom. The van der Waals surface area contributed by atoms with Crippen LogP contribution in [0.3, 0.4) is 0 Å². The first-order chi connectivity index (χ1) is 9.08. The SMILES string of the molecule is CCCNCc1cc(Cl)ccc1N(CC)CC(N)=O. The van der Waals surface area contributed by atoms with Crippen molar-refractivity contribution < 1.29 is 4.79 Å². The molecule has 0 saturated heterocycles. The molecule has 0 atom stereocenters. The van der Waals surface area contributed by atoms with E-state index < -0.39 is 0 Å². The normalized spacial score (nSPS) is 10.5. The number of amides is 1. The van der Waals surface area contributed by atoms with Gasteiger partial charge in [-0.2, -0.15) is 0 Å². The Balaban J connectivity index is 2.92. The lowest BCUT2D eigenvalue weighted by molar-refractivity contribution is -0.116. The lowest BCUT2D eigenvalue weighted by Crippen LogP contribution is -2.34. The third kappa shape index (κ3) is 5.09. The molecule has 5 heteroatoms. The highest BCUT2D eigenvalue weighted by Gasteiger charge is 2.12. The van der Waals surface area contributed by atoms with Gasteiger partial charge in [0, 0.05) is 23.8 Å². The molecule has 1 amide bonds. The molecule has 3 N–H and O–H groups in total. The zero-order chi connectivity index (χ0) is 14.3. The van der Waals surface area contributed by atoms with Crippen molar-refractivity contribution in [3.05, 3.63) is 28.8 Å². The fraction of sp³-hybridized carbons (Fsp3) is 0.500. The summed E-state index contributed by atoms with van der Waals surface area (Å²) < 4.78 is 0. The quantitative estimate of drug-likeness (QED) is 0.719. The molecule has 1 aromatic rings. The van der Waals surface area contributed by atoms with E-state index in [1.54, 1.807) is 0 Å². The first-order valence-electron chi connectivity index (χ1n) is 6.60. The molecule has 0 aromatic heterocycles. The van der Waals surface area contributed by atoms with E-state index in [4.69, 9.17) is 17.3 Å². The molecule has 0 aliphatic carbocycles. The number of likely N-dealkylation sites (N-methyl/N-ethyl adjacent to an activating group) is 1. The molecular weight excluding hydrogens is 262 g/mol. The molecule has 0 saturated carbocycles. The Morgan fingerprint density at radius 1 is 1.42 bits per heavy atom. The second-order valence-corrected chi connectivity index (χ2v) is 4.87. The van der Waals surface area contributed by atoms with Gasteiger partial charge in [-0.05, 0) is 43.7 Å². The van der Waals surface area contributed by atoms with Crippen LogP contribution in [0.2, 0.25) is 5.02 Å². The fourth-order valence-corrected chi connectivity index (χ4v) is 2.15. The van der Waals surface area contributed by atoms with Gasteiger partial charge in [0.05, 0.1) is 6.54 Å². The number of hydrogen-bond acceptors (Lipinski definition) is 3. The number of anilines is 1. The van der Waals surface area contributed by atoms with Gasteiger partial charge >= 0.3 is 0 Å². The van der Waals surface area contributed by atoms with Crippen molar-refractivity contribution >= 4 is 23.2 Å². The maximum absolute atomic E-state index is 11.1. The summed E-state index contributed by atoms with van der Waals surface area (Å²) in [6, 6.07) is 5.71. The second-order valence-electron chi connectivity index (χ2n) is 4.43. The number of hydrogen-bond donors (Lipinski definition) is 2. The van der Waals surface area contributed by atoms with Crippen LogP contribution in [-0.2, 0) is 11.3 Å². The number of rotatable bonds is 8. The molecule has 0 spiro atoms. The molecule has 106 valence electrons. The number of halogens is 1. The van der Waals surface area contributed by atoms with E-state index in [9.17, 15) is 4.79 Å². The van der Waals surface area contributed by atoms with Crippen LogP contribution in [0, 0.1) is 0 Å². The average Bonchev–Trinajstić information content (AvgIpc) is 2.37. The Kier molecular flexibility index (Phi) is 6.67. The number of carbonyl (C=O) groups excluding carboxylic acids is 1. The number of benzene rings is 1. The third-order valence-corrected chi connectivity index (χ3v) is 3.09. The Hall–Kier alpha value is -1.26. The first-order valence-corrected chi connectivity index (χ1v) is 6.98. The summed E-state index contributed by atoms with van der Waals surface area (Å²) in [6.07, 6.45) is 1.08. The zero-order valence-corrected chi connectivity index (χ0v) is 12.3. The van der Waals surface area contributed by atoms with E-state index in [1.807, 2.05) is 30.0 Å². The number of nitrogens with one attached hydrogen (secondary N) is 1. The van der Waals surface area contributed by atoms with E-state index in [2.05, 4.69) is 12.2 Å². The van der Waals surface area contributed by atoms with Crippen molar-refractivity contribution in [2.45, 2.75) is 26.8 Å². The van der Waals surface area contributed by atoms with Crippen LogP contribution in [0.5, 0.6) is 0 Å². The van der Waals surface area contributed by atoms with Crippen molar-refractivity contribution in [3.63, 3.8) is 0 Å². The second kappa shape index (κ2) is 8.02. The number of primary amides is 1. The monoisotopic (exact) mass is 283 g/mol. The molecule has 0 aliphatic heterocycles. The summed E-state index contributed by atoms with van der Waals surface area (Å²) in [5, 5.41) is 4.05. The third-order valence-electron chi connectivity index (χ3n) is 2.85. The average molecular weight is 284 g/mol. The molecule has 0 fully saturated rings. The largest absolute Gasteiger partial charge is 0.368 e. The van der Waals surface area contributed by atoms with Gasteiger partial charge in [-0.25, -0.2) is 0 Å². The van der Waals surface area contributed by atoms with Crippen molar-refractivity contribution in [1.82, 2.24) is 5.32 Å². The lowest BCUT2D eigenvalue weighted by atomic mass is 10.1. The van der Waals surface area contributed by atoms with Gasteiger partial charge in [0.15, 0.2) is 0 Å². The van der Waals surface area contributed by atoms with Gasteiger partial charge < -0.3 is 16.0 Å². The Morgan fingerprint density at radius 3 is 2.74 bits per heavy atom. The summed E-state index contributed by atoms with van der Waals surface area (Å²) in [5.41, 5.74) is 7.38.